The van der Waals surface area contributed by atoms with Crippen LogP contribution in [-0.2, 0) is 14.3 Å². The van der Waals surface area contributed by atoms with E-state index < -0.39 is 23.9 Å². The third kappa shape index (κ3) is 6.10. The zero-order valence-corrected chi connectivity index (χ0v) is 22.4. The first-order valence-corrected chi connectivity index (χ1v) is 13.0. The summed E-state index contributed by atoms with van der Waals surface area (Å²) in [4.78, 5) is 40.0. The van der Waals surface area contributed by atoms with Crippen LogP contribution in [0.15, 0.2) is 84.2 Å². The predicted molar refractivity (Wildman–Crippen MR) is 148 cm³/mol. The minimum absolute atomic E-state index is 0.0472. The van der Waals surface area contributed by atoms with Gasteiger partial charge in [-0.3, -0.25) is 4.79 Å². The maximum absolute atomic E-state index is 13.7. The van der Waals surface area contributed by atoms with Crippen molar-refractivity contribution >= 4 is 34.2 Å². The zero-order valence-electron chi connectivity index (χ0n) is 21.6. The molecule has 1 amide bonds. The van der Waals surface area contributed by atoms with Crippen LogP contribution in [0, 0.1) is 0 Å². The van der Waals surface area contributed by atoms with Crippen molar-refractivity contribution in [1.82, 2.24) is 0 Å². The van der Waals surface area contributed by atoms with Gasteiger partial charge in [-0.25, -0.2) is 9.59 Å². The molecule has 1 aromatic heterocycles. The topological polar surface area (TPSA) is 100 Å². The molecule has 0 bridgehead atoms. The third-order valence-electron chi connectivity index (χ3n) is 5.79. The highest BCUT2D eigenvalue weighted by atomic mass is 32.1. The fraction of sp³-hybridized carbons (Fsp3) is 0.167. The predicted octanol–water partition coefficient (Wildman–Crippen LogP) is 6.15. The number of hydrogen-bond acceptors (Lipinski definition) is 8. The molecule has 8 nitrogen and oxygen atoms in total. The molecule has 0 saturated carbocycles. The van der Waals surface area contributed by atoms with Crippen molar-refractivity contribution in [3.8, 4) is 22.6 Å². The molecule has 0 saturated heterocycles. The average molecular weight is 546 g/mol. The Morgan fingerprint density at radius 3 is 2.00 bits per heavy atom. The molecule has 0 aliphatic rings. The normalized spacial score (nSPS) is 11.3. The lowest BCUT2D eigenvalue weighted by Crippen LogP contribution is -2.26. The van der Waals surface area contributed by atoms with Gasteiger partial charge in [0.25, 0.3) is 5.91 Å². The summed E-state index contributed by atoms with van der Waals surface area (Å²) in [6.45, 7) is 1.88. The van der Waals surface area contributed by atoms with Gasteiger partial charge in [0.05, 0.1) is 20.8 Å². The summed E-state index contributed by atoms with van der Waals surface area (Å²) >= 11 is 1.18. The number of esters is 2. The Labute approximate surface area is 230 Å². The molecule has 0 aliphatic carbocycles. The molecule has 3 aromatic carbocycles. The van der Waals surface area contributed by atoms with Gasteiger partial charge in [0.15, 0.2) is 0 Å². The second-order valence-electron chi connectivity index (χ2n) is 8.16. The molecule has 1 N–H and O–H groups in total. The zero-order chi connectivity index (χ0) is 27.8. The van der Waals surface area contributed by atoms with Crippen LogP contribution in [0.5, 0.6) is 11.5 Å². The molecule has 9 heteroatoms. The molecular weight excluding hydrogens is 518 g/mol. The first-order valence-electron chi connectivity index (χ1n) is 12.1. The van der Waals surface area contributed by atoms with Crippen molar-refractivity contribution in [1.29, 1.82) is 0 Å². The van der Waals surface area contributed by atoms with Crippen molar-refractivity contribution in [2.24, 2.45) is 0 Å². The summed E-state index contributed by atoms with van der Waals surface area (Å²) in [5.74, 6) is -1.55. The number of rotatable bonds is 10. The van der Waals surface area contributed by atoms with E-state index in [2.05, 4.69) is 5.32 Å². The Morgan fingerprint density at radius 2 is 1.41 bits per heavy atom. The number of thiophene rings is 1. The molecule has 1 atom stereocenters. The maximum atomic E-state index is 13.7. The number of anilines is 1. The Morgan fingerprint density at radius 1 is 0.795 bits per heavy atom. The molecule has 4 rings (SSSR count). The van der Waals surface area contributed by atoms with E-state index in [-0.39, 0.29) is 34.2 Å². The number of nitrogens with one attached hydrogen (secondary N) is 1. The van der Waals surface area contributed by atoms with Crippen molar-refractivity contribution in [2.75, 3.05) is 26.1 Å². The molecule has 1 heterocycles. The van der Waals surface area contributed by atoms with Gasteiger partial charge in [0.1, 0.15) is 27.6 Å². The lowest BCUT2D eigenvalue weighted by molar-refractivity contribution is -0.125. The number of carbonyl (C=O) groups is 3. The van der Waals surface area contributed by atoms with E-state index in [0.29, 0.717) is 11.1 Å². The van der Waals surface area contributed by atoms with Crippen LogP contribution < -0.4 is 14.8 Å². The van der Waals surface area contributed by atoms with Crippen molar-refractivity contribution < 1.29 is 33.3 Å². The van der Waals surface area contributed by atoms with E-state index in [4.69, 9.17) is 18.9 Å². The molecule has 39 heavy (non-hydrogen) atoms. The standard InChI is InChI=1S/C30H27NO7S/c1-4-37-29(33)24-21(19-12-7-5-8-13-19)18-39-28(24)31-27(32)26(20-14-9-6-10-15-20)38-30(34)25-22(35-2)16-11-17-23(25)36-3/h5-18,26H,4H2,1-3H3,(H,31,32)/t26-/m0/s1. The molecular formula is C30H27NO7S. The van der Waals surface area contributed by atoms with Gasteiger partial charge in [-0.2, -0.15) is 0 Å². The largest absolute Gasteiger partial charge is 0.496 e. The van der Waals surface area contributed by atoms with Crippen molar-refractivity contribution in [3.05, 3.63) is 101 Å². The number of methoxy groups -OCH3 is 2. The van der Waals surface area contributed by atoms with Crippen molar-refractivity contribution in [3.63, 3.8) is 0 Å². The van der Waals surface area contributed by atoms with Crippen LogP contribution in [0.1, 0.15) is 39.3 Å². The van der Waals surface area contributed by atoms with E-state index in [0.717, 1.165) is 5.56 Å². The van der Waals surface area contributed by atoms with E-state index in [1.165, 1.54) is 25.6 Å². The minimum Gasteiger partial charge on any atom is -0.496 e. The number of ether oxygens (including phenoxy) is 4. The van der Waals surface area contributed by atoms with Gasteiger partial charge in [-0.1, -0.05) is 66.7 Å². The molecule has 0 spiro atoms. The fourth-order valence-corrected chi connectivity index (χ4v) is 4.94. The summed E-state index contributed by atoms with van der Waals surface area (Å²) < 4.78 is 21.7. The maximum Gasteiger partial charge on any atom is 0.346 e. The highest BCUT2D eigenvalue weighted by molar-refractivity contribution is 7.15. The quantitative estimate of drug-likeness (QED) is 0.239. The van der Waals surface area contributed by atoms with Gasteiger partial charge >= 0.3 is 11.9 Å². The van der Waals surface area contributed by atoms with E-state index in [9.17, 15) is 14.4 Å². The first-order chi connectivity index (χ1) is 19.0. The summed E-state index contributed by atoms with van der Waals surface area (Å²) in [6.07, 6.45) is -1.34. The molecule has 0 aliphatic heterocycles. The van der Waals surface area contributed by atoms with Gasteiger partial charge in [0.2, 0.25) is 6.10 Å². The van der Waals surface area contributed by atoms with E-state index in [1.54, 1.807) is 60.8 Å². The van der Waals surface area contributed by atoms with Gasteiger partial charge < -0.3 is 24.3 Å². The molecule has 0 radical (unpaired) electrons. The Hall–Kier alpha value is -4.63. The van der Waals surface area contributed by atoms with Crippen LogP contribution in [0.3, 0.4) is 0 Å². The van der Waals surface area contributed by atoms with E-state index in [1.807, 2.05) is 30.3 Å². The summed E-state index contributed by atoms with van der Waals surface area (Å²) in [5.41, 5.74) is 2.14. The van der Waals surface area contributed by atoms with Crippen LogP contribution in [0.4, 0.5) is 5.00 Å². The Kier molecular flexibility index (Phi) is 8.96. The van der Waals surface area contributed by atoms with Crippen LogP contribution in [0.25, 0.3) is 11.1 Å². The lowest BCUT2D eigenvalue weighted by atomic mass is 10.0. The Bertz CT molecular complexity index is 1430. The second kappa shape index (κ2) is 12.7. The average Bonchev–Trinajstić information content (AvgIpc) is 3.39. The Balaban J connectivity index is 1.70. The van der Waals surface area contributed by atoms with Crippen LogP contribution in [0.2, 0.25) is 0 Å². The first kappa shape index (κ1) is 27.4. The molecule has 4 aromatic rings. The molecule has 0 unspecified atom stereocenters. The van der Waals surface area contributed by atoms with Crippen LogP contribution >= 0.6 is 11.3 Å². The fourth-order valence-electron chi connectivity index (χ4n) is 3.98. The number of amides is 1. The number of carbonyl (C=O) groups excluding carboxylic acids is 3. The van der Waals surface area contributed by atoms with Gasteiger partial charge in [-0.05, 0) is 24.6 Å². The SMILES string of the molecule is CCOC(=O)c1c(-c2ccccc2)csc1NC(=O)[C@@H](OC(=O)c1c(OC)cccc1OC)c1ccccc1. The van der Waals surface area contributed by atoms with Crippen molar-refractivity contribution in [2.45, 2.75) is 13.0 Å². The lowest BCUT2D eigenvalue weighted by Gasteiger charge is -2.20. The minimum atomic E-state index is -1.34. The highest BCUT2D eigenvalue weighted by Gasteiger charge is 2.31. The molecule has 200 valence electrons. The number of hydrogen-bond donors (Lipinski definition) is 1. The monoisotopic (exact) mass is 545 g/mol. The highest BCUT2D eigenvalue weighted by Crippen LogP contribution is 2.37. The summed E-state index contributed by atoms with van der Waals surface area (Å²) in [6, 6.07) is 22.8. The van der Waals surface area contributed by atoms with E-state index >= 15 is 0 Å². The smallest absolute Gasteiger partial charge is 0.346 e. The summed E-state index contributed by atoms with van der Waals surface area (Å²) in [7, 11) is 2.84. The molecule has 0 fully saturated rings. The van der Waals surface area contributed by atoms with Crippen LogP contribution in [-0.4, -0.2) is 38.7 Å². The number of benzene rings is 3. The third-order valence-corrected chi connectivity index (χ3v) is 6.68. The van der Waals surface area contributed by atoms with Gasteiger partial charge in [-0.15, -0.1) is 11.3 Å². The summed E-state index contributed by atoms with van der Waals surface area (Å²) in [5, 5.41) is 4.85. The van der Waals surface area contributed by atoms with Gasteiger partial charge in [0, 0.05) is 16.5 Å². The second-order valence-corrected chi connectivity index (χ2v) is 9.04.